The van der Waals surface area contributed by atoms with E-state index >= 15 is 0 Å². The SMILES string of the molecule is Cc1cc(C)c2c(OCC(=O)N[C@H](c3nc4ccccc4[nH]3)C(C)C)nn(C)c2n1. The number of rotatable bonds is 6. The molecule has 0 saturated heterocycles. The number of hydrogen-bond donors (Lipinski definition) is 2. The molecule has 0 saturated carbocycles. The molecule has 0 aliphatic heterocycles. The van der Waals surface area contributed by atoms with Crippen LogP contribution < -0.4 is 10.1 Å². The van der Waals surface area contributed by atoms with Crippen molar-refractivity contribution in [1.82, 2.24) is 30.0 Å². The number of amides is 1. The number of nitrogens with one attached hydrogen (secondary N) is 2. The fraction of sp³-hybridized carbons (Fsp3) is 0.364. The minimum Gasteiger partial charge on any atom is -0.466 e. The predicted octanol–water partition coefficient (Wildman–Crippen LogP) is 3.35. The fourth-order valence-corrected chi connectivity index (χ4v) is 3.67. The van der Waals surface area contributed by atoms with Crippen LogP contribution in [0, 0.1) is 19.8 Å². The average molecular weight is 406 g/mol. The second-order valence-corrected chi connectivity index (χ2v) is 7.92. The first-order valence-electron chi connectivity index (χ1n) is 10.0. The molecule has 0 spiro atoms. The van der Waals surface area contributed by atoms with Crippen LogP contribution >= 0.6 is 0 Å². The van der Waals surface area contributed by atoms with E-state index in [0.717, 1.165) is 39.1 Å². The Balaban J connectivity index is 1.50. The van der Waals surface area contributed by atoms with Crippen molar-refractivity contribution in [3.63, 3.8) is 0 Å². The van der Waals surface area contributed by atoms with E-state index in [1.807, 2.05) is 65.1 Å². The molecule has 0 radical (unpaired) electrons. The van der Waals surface area contributed by atoms with E-state index in [1.165, 1.54) is 0 Å². The van der Waals surface area contributed by atoms with Crippen molar-refractivity contribution in [3.8, 4) is 5.88 Å². The maximum Gasteiger partial charge on any atom is 0.258 e. The van der Waals surface area contributed by atoms with Crippen LogP contribution in [0.15, 0.2) is 30.3 Å². The highest BCUT2D eigenvalue weighted by molar-refractivity contribution is 5.86. The first-order valence-corrected chi connectivity index (χ1v) is 10.0. The second kappa shape index (κ2) is 7.78. The van der Waals surface area contributed by atoms with Gasteiger partial charge in [-0.2, -0.15) is 0 Å². The highest BCUT2D eigenvalue weighted by Crippen LogP contribution is 2.27. The quantitative estimate of drug-likeness (QED) is 0.512. The average Bonchev–Trinajstić information content (AvgIpc) is 3.25. The number of fused-ring (bicyclic) bond motifs is 2. The van der Waals surface area contributed by atoms with Crippen molar-refractivity contribution in [2.24, 2.45) is 13.0 Å². The van der Waals surface area contributed by atoms with Gasteiger partial charge < -0.3 is 15.0 Å². The van der Waals surface area contributed by atoms with Crippen molar-refractivity contribution in [1.29, 1.82) is 0 Å². The Bertz CT molecular complexity index is 1190. The molecule has 1 atom stereocenters. The first-order chi connectivity index (χ1) is 14.3. The number of aromatic nitrogens is 5. The first kappa shape index (κ1) is 19.9. The van der Waals surface area contributed by atoms with Crippen LogP contribution in [0.5, 0.6) is 5.88 Å². The summed E-state index contributed by atoms with van der Waals surface area (Å²) in [5.74, 6) is 1.07. The third kappa shape index (κ3) is 3.72. The summed E-state index contributed by atoms with van der Waals surface area (Å²) in [6.07, 6.45) is 0. The fourth-order valence-electron chi connectivity index (χ4n) is 3.67. The van der Waals surface area contributed by atoms with Crippen LogP contribution in [0.1, 0.15) is 37.0 Å². The molecule has 8 nitrogen and oxygen atoms in total. The molecule has 2 N–H and O–H groups in total. The van der Waals surface area contributed by atoms with Crippen LogP contribution in [0.4, 0.5) is 0 Å². The minimum absolute atomic E-state index is 0.136. The molecule has 0 fully saturated rings. The molecular formula is C22H26N6O2. The predicted molar refractivity (Wildman–Crippen MR) is 115 cm³/mol. The van der Waals surface area contributed by atoms with Gasteiger partial charge in [0.25, 0.3) is 5.91 Å². The maximum absolute atomic E-state index is 12.7. The Morgan fingerprint density at radius 1 is 1.23 bits per heavy atom. The lowest BCUT2D eigenvalue weighted by Gasteiger charge is -2.20. The van der Waals surface area contributed by atoms with Crippen molar-refractivity contribution < 1.29 is 9.53 Å². The summed E-state index contributed by atoms with van der Waals surface area (Å²) in [4.78, 5) is 25.1. The zero-order chi connectivity index (χ0) is 21.4. The van der Waals surface area contributed by atoms with Gasteiger partial charge in [-0.3, -0.25) is 4.79 Å². The number of para-hydroxylation sites is 2. The van der Waals surface area contributed by atoms with Crippen molar-refractivity contribution in [2.75, 3.05) is 6.61 Å². The number of benzene rings is 1. The number of imidazole rings is 1. The lowest BCUT2D eigenvalue weighted by Crippen LogP contribution is -2.35. The lowest BCUT2D eigenvalue weighted by atomic mass is 10.0. The molecule has 3 aromatic heterocycles. The van der Waals surface area contributed by atoms with Gasteiger partial charge in [-0.05, 0) is 43.5 Å². The minimum atomic E-state index is -0.250. The summed E-state index contributed by atoms with van der Waals surface area (Å²) < 4.78 is 7.46. The van der Waals surface area contributed by atoms with Crippen LogP contribution in [-0.2, 0) is 11.8 Å². The molecule has 4 rings (SSSR count). The summed E-state index contributed by atoms with van der Waals surface area (Å²) in [6, 6.07) is 9.55. The molecule has 1 amide bonds. The van der Waals surface area contributed by atoms with Gasteiger partial charge in [-0.1, -0.05) is 26.0 Å². The van der Waals surface area contributed by atoms with Crippen LogP contribution in [0.2, 0.25) is 0 Å². The van der Waals surface area contributed by atoms with E-state index in [9.17, 15) is 4.79 Å². The number of aryl methyl sites for hydroxylation is 3. The number of carbonyl (C=O) groups excluding carboxylic acids is 1. The van der Waals surface area contributed by atoms with Gasteiger partial charge in [0.1, 0.15) is 5.82 Å². The zero-order valence-electron chi connectivity index (χ0n) is 17.9. The highest BCUT2D eigenvalue weighted by atomic mass is 16.5. The third-order valence-electron chi connectivity index (χ3n) is 5.11. The molecule has 156 valence electrons. The number of nitrogens with zero attached hydrogens (tertiary/aromatic N) is 4. The van der Waals surface area contributed by atoms with E-state index in [1.54, 1.807) is 4.68 Å². The number of ether oxygens (including phenoxy) is 1. The number of hydrogen-bond acceptors (Lipinski definition) is 5. The molecule has 1 aromatic carbocycles. The van der Waals surface area contributed by atoms with Crippen LogP contribution in [0.3, 0.4) is 0 Å². The molecule has 4 aromatic rings. The van der Waals surface area contributed by atoms with E-state index in [4.69, 9.17) is 4.74 Å². The molecule has 0 bridgehead atoms. The van der Waals surface area contributed by atoms with E-state index in [-0.39, 0.29) is 24.5 Å². The Morgan fingerprint density at radius 2 is 2.00 bits per heavy atom. The van der Waals surface area contributed by atoms with E-state index in [2.05, 4.69) is 25.4 Å². The Labute approximate surface area is 174 Å². The van der Waals surface area contributed by atoms with Crippen molar-refractivity contribution >= 4 is 28.0 Å². The Kier molecular flexibility index (Phi) is 5.15. The standard InChI is InChI=1S/C22H26N6O2/c1-12(2)19(20-24-15-8-6-7-9-16(15)25-20)26-17(29)11-30-22-18-13(3)10-14(4)23-21(18)28(5)27-22/h6-10,12,19H,11H2,1-5H3,(H,24,25)(H,26,29)/t19-/m0/s1. The van der Waals surface area contributed by atoms with E-state index < -0.39 is 0 Å². The molecule has 0 aliphatic rings. The monoisotopic (exact) mass is 406 g/mol. The lowest BCUT2D eigenvalue weighted by molar-refractivity contribution is -0.124. The number of H-pyrrole nitrogens is 1. The third-order valence-corrected chi connectivity index (χ3v) is 5.11. The van der Waals surface area contributed by atoms with E-state index in [0.29, 0.717) is 5.88 Å². The largest absolute Gasteiger partial charge is 0.466 e. The second-order valence-electron chi connectivity index (χ2n) is 7.92. The summed E-state index contributed by atoms with van der Waals surface area (Å²) in [5, 5.41) is 8.26. The van der Waals surface area contributed by atoms with Gasteiger partial charge in [0, 0.05) is 12.7 Å². The van der Waals surface area contributed by atoms with Gasteiger partial charge in [0.15, 0.2) is 12.3 Å². The van der Waals surface area contributed by atoms with Crippen LogP contribution in [-0.4, -0.2) is 37.2 Å². The number of carbonyl (C=O) groups is 1. The molecule has 0 unspecified atom stereocenters. The summed E-state index contributed by atoms with van der Waals surface area (Å²) in [5.41, 5.74) is 4.50. The topological polar surface area (TPSA) is 97.7 Å². The Hall–Kier alpha value is -3.42. The molecule has 8 heteroatoms. The number of pyridine rings is 1. The van der Waals surface area contributed by atoms with Gasteiger partial charge >= 0.3 is 0 Å². The Morgan fingerprint density at radius 3 is 2.73 bits per heavy atom. The van der Waals surface area contributed by atoms with Crippen LogP contribution in [0.25, 0.3) is 22.1 Å². The normalized spacial score (nSPS) is 12.6. The summed E-state index contributed by atoms with van der Waals surface area (Å²) >= 11 is 0. The summed E-state index contributed by atoms with van der Waals surface area (Å²) in [7, 11) is 1.82. The zero-order valence-corrected chi connectivity index (χ0v) is 17.9. The van der Waals surface area contributed by atoms with Gasteiger partial charge in [0.05, 0.1) is 22.5 Å². The molecule has 0 aliphatic carbocycles. The smallest absolute Gasteiger partial charge is 0.258 e. The van der Waals surface area contributed by atoms with Crippen molar-refractivity contribution in [3.05, 3.63) is 47.4 Å². The highest BCUT2D eigenvalue weighted by Gasteiger charge is 2.23. The van der Waals surface area contributed by atoms with Crippen molar-refractivity contribution in [2.45, 2.75) is 33.7 Å². The van der Waals surface area contributed by atoms with Gasteiger partial charge in [0.2, 0.25) is 5.88 Å². The number of aromatic amines is 1. The van der Waals surface area contributed by atoms with Gasteiger partial charge in [-0.15, -0.1) is 5.10 Å². The summed E-state index contributed by atoms with van der Waals surface area (Å²) in [6.45, 7) is 7.88. The maximum atomic E-state index is 12.7. The molecule has 3 heterocycles. The molecule has 30 heavy (non-hydrogen) atoms. The van der Waals surface area contributed by atoms with Gasteiger partial charge in [-0.25, -0.2) is 14.6 Å². The molecular weight excluding hydrogens is 380 g/mol.